The molecule has 164 valence electrons. The lowest BCUT2D eigenvalue weighted by Crippen LogP contribution is -2.60. The Balaban J connectivity index is 1.62. The first-order valence-electron chi connectivity index (χ1n) is 8.81. The van der Waals surface area contributed by atoms with E-state index in [1.807, 2.05) is 0 Å². The lowest BCUT2D eigenvalue weighted by atomic mass is 10.0. The monoisotopic (exact) mass is 414 g/mol. The Bertz CT molecular complexity index is 508. The summed E-state index contributed by atoms with van der Waals surface area (Å²) in [6, 6.07) is 0. The molecule has 0 aliphatic carbocycles. The Kier molecular flexibility index (Phi) is 7.20. The van der Waals surface area contributed by atoms with Gasteiger partial charge in [0.05, 0.1) is 19.8 Å². The van der Waals surface area contributed by atoms with Gasteiger partial charge >= 0.3 is 0 Å². The quantitative estimate of drug-likeness (QED) is 0.211. The normalized spacial score (nSPS) is 52.7. The van der Waals surface area contributed by atoms with Crippen molar-refractivity contribution in [3.05, 3.63) is 0 Å². The van der Waals surface area contributed by atoms with E-state index in [1.54, 1.807) is 0 Å². The topological polar surface area (TPSA) is 208 Å². The maximum Gasteiger partial charge on any atom is 0.187 e. The zero-order valence-electron chi connectivity index (χ0n) is 14.7. The van der Waals surface area contributed by atoms with E-state index in [2.05, 4.69) is 0 Å². The first-order chi connectivity index (χ1) is 13.2. The van der Waals surface area contributed by atoms with Crippen LogP contribution in [0.2, 0.25) is 0 Å². The molecule has 3 aliphatic heterocycles. The highest BCUT2D eigenvalue weighted by Crippen LogP contribution is 2.29. The Hall–Kier alpha value is -0.520. The molecule has 12 atom stereocenters. The zero-order chi connectivity index (χ0) is 20.6. The molecule has 13 nitrogen and oxygen atoms in total. The molecule has 28 heavy (non-hydrogen) atoms. The fraction of sp³-hybridized carbons (Fsp3) is 1.00. The van der Waals surface area contributed by atoms with Gasteiger partial charge in [0.25, 0.3) is 0 Å². The Morgan fingerprint density at radius 1 is 0.714 bits per heavy atom. The minimum atomic E-state index is -1.62. The molecule has 0 aromatic carbocycles. The first-order valence-corrected chi connectivity index (χ1v) is 8.81. The van der Waals surface area contributed by atoms with Crippen molar-refractivity contribution in [2.24, 2.45) is 0 Å². The van der Waals surface area contributed by atoms with Gasteiger partial charge in [0.15, 0.2) is 18.9 Å². The second-order valence-corrected chi connectivity index (χ2v) is 6.95. The average Bonchev–Trinajstić information content (AvgIpc) is 2.95. The molecule has 3 heterocycles. The molecule has 0 aromatic heterocycles. The van der Waals surface area contributed by atoms with Crippen LogP contribution in [0.3, 0.4) is 0 Å². The lowest BCUT2D eigenvalue weighted by molar-refractivity contribution is -0.342. The van der Waals surface area contributed by atoms with Crippen LogP contribution in [0.25, 0.3) is 0 Å². The number of hydrogen-bond acceptors (Lipinski definition) is 13. The van der Waals surface area contributed by atoms with Gasteiger partial charge in [0.1, 0.15) is 54.9 Å². The van der Waals surface area contributed by atoms with E-state index in [0.29, 0.717) is 0 Å². The van der Waals surface area contributed by atoms with Crippen molar-refractivity contribution in [3.8, 4) is 0 Å². The van der Waals surface area contributed by atoms with Crippen LogP contribution >= 0.6 is 0 Å². The minimum absolute atomic E-state index is 0.308. The summed E-state index contributed by atoms with van der Waals surface area (Å²) in [6.45, 7) is -1.21. The van der Waals surface area contributed by atoms with E-state index in [1.165, 1.54) is 0 Å². The van der Waals surface area contributed by atoms with E-state index in [0.717, 1.165) is 0 Å². The van der Waals surface area contributed by atoms with Crippen LogP contribution in [0.5, 0.6) is 0 Å². The maximum absolute atomic E-state index is 10.5. The third-order valence-corrected chi connectivity index (χ3v) is 4.98. The molecule has 0 saturated carbocycles. The second kappa shape index (κ2) is 9.09. The highest BCUT2D eigenvalue weighted by atomic mass is 16.7. The summed E-state index contributed by atoms with van der Waals surface area (Å²) in [6.07, 6.45) is -17.1. The smallest absolute Gasteiger partial charge is 0.187 e. The third-order valence-electron chi connectivity index (χ3n) is 4.98. The largest absolute Gasteiger partial charge is 0.394 e. The summed E-state index contributed by atoms with van der Waals surface area (Å²) in [4.78, 5) is 0. The molecule has 0 bridgehead atoms. The van der Waals surface area contributed by atoms with E-state index >= 15 is 0 Å². The summed E-state index contributed by atoms with van der Waals surface area (Å²) < 4.78 is 26.1. The van der Waals surface area contributed by atoms with Crippen LogP contribution in [-0.4, -0.2) is 134 Å². The van der Waals surface area contributed by atoms with Crippen molar-refractivity contribution in [3.63, 3.8) is 0 Å². The molecule has 3 aliphatic rings. The van der Waals surface area contributed by atoms with Gasteiger partial charge in [-0.05, 0) is 0 Å². The van der Waals surface area contributed by atoms with Crippen LogP contribution in [0, 0.1) is 0 Å². The van der Waals surface area contributed by atoms with Crippen LogP contribution < -0.4 is 0 Å². The molecular formula is C15H26O13. The highest BCUT2D eigenvalue weighted by molar-refractivity contribution is 4.91. The zero-order valence-corrected chi connectivity index (χ0v) is 14.7. The van der Waals surface area contributed by atoms with Crippen molar-refractivity contribution in [2.45, 2.75) is 73.8 Å². The van der Waals surface area contributed by atoms with Gasteiger partial charge < -0.3 is 64.5 Å². The van der Waals surface area contributed by atoms with Crippen LogP contribution in [0.15, 0.2) is 0 Å². The highest BCUT2D eigenvalue weighted by Gasteiger charge is 2.49. The molecule has 0 unspecified atom stereocenters. The van der Waals surface area contributed by atoms with E-state index in [-0.39, 0.29) is 13.2 Å². The van der Waals surface area contributed by atoms with Gasteiger partial charge in [-0.25, -0.2) is 0 Å². The second-order valence-electron chi connectivity index (χ2n) is 6.95. The number of hydrogen-bond donors (Lipinski definition) is 8. The van der Waals surface area contributed by atoms with Gasteiger partial charge in [-0.15, -0.1) is 0 Å². The number of rotatable bonds is 5. The van der Waals surface area contributed by atoms with Gasteiger partial charge in [-0.1, -0.05) is 0 Å². The van der Waals surface area contributed by atoms with Crippen molar-refractivity contribution < 1.29 is 64.5 Å². The van der Waals surface area contributed by atoms with Gasteiger partial charge in [0.2, 0.25) is 0 Å². The summed E-state index contributed by atoms with van der Waals surface area (Å²) >= 11 is 0. The molecule has 3 fully saturated rings. The van der Waals surface area contributed by atoms with Gasteiger partial charge in [-0.3, -0.25) is 0 Å². The van der Waals surface area contributed by atoms with Crippen molar-refractivity contribution in [1.82, 2.24) is 0 Å². The number of aliphatic hydroxyl groups is 8. The van der Waals surface area contributed by atoms with Crippen molar-refractivity contribution >= 4 is 0 Å². The molecule has 13 heteroatoms. The molecule has 0 radical (unpaired) electrons. The average molecular weight is 414 g/mol. The molecule has 0 amide bonds. The predicted molar refractivity (Wildman–Crippen MR) is 83.2 cm³/mol. The van der Waals surface area contributed by atoms with Crippen molar-refractivity contribution in [2.75, 3.05) is 19.8 Å². The molecule has 0 aromatic rings. The third kappa shape index (κ3) is 4.32. The van der Waals surface area contributed by atoms with E-state index < -0.39 is 80.4 Å². The van der Waals surface area contributed by atoms with Gasteiger partial charge in [0, 0.05) is 0 Å². The minimum Gasteiger partial charge on any atom is -0.394 e. The Labute approximate surface area is 159 Å². The molecule has 0 spiro atoms. The van der Waals surface area contributed by atoms with Crippen LogP contribution in [0.1, 0.15) is 0 Å². The van der Waals surface area contributed by atoms with Crippen molar-refractivity contribution in [1.29, 1.82) is 0 Å². The van der Waals surface area contributed by atoms with E-state index in [4.69, 9.17) is 28.8 Å². The summed E-state index contributed by atoms with van der Waals surface area (Å²) in [5, 5.41) is 78.3. The molecule has 8 N–H and O–H groups in total. The molecular weight excluding hydrogens is 388 g/mol. The van der Waals surface area contributed by atoms with E-state index in [9.17, 15) is 35.7 Å². The van der Waals surface area contributed by atoms with Crippen LogP contribution in [0.4, 0.5) is 0 Å². The SMILES string of the molecule is OC[C@@H]1O[C@@H](O[C@@H]2[C@@H](O)[C@H](O[C@@H]3OC[C@@H](O)[C@H](O)[C@H]3O)CO[C@H]2O)[C@H](O)[C@H]1O. The molecule has 3 rings (SSSR count). The standard InChI is InChI=1S/C15H26O13/c16-1-5-8(19)11(22)15(26-5)28-12-9(20)6(3-24-13(12)23)27-14-10(21)7(18)4(17)2-25-14/h4-23H,1-3H2/t4-,5+,6-,7+,8+,9+,10-,11-,12-,13-,14+,15+/m1/s1. The summed E-state index contributed by atoms with van der Waals surface area (Å²) in [5.41, 5.74) is 0. The fourth-order valence-corrected chi connectivity index (χ4v) is 3.24. The van der Waals surface area contributed by atoms with Gasteiger partial charge in [-0.2, -0.15) is 0 Å². The number of ether oxygens (including phenoxy) is 5. The first kappa shape index (κ1) is 22.2. The fourth-order valence-electron chi connectivity index (χ4n) is 3.24. The predicted octanol–water partition coefficient (Wildman–Crippen LogP) is -5.66. The summed E-state index contributed by atoms with van der Waals surface area (Å²) in [7, 11) is 0. The lowest BCUT2D eigenvalue weighted by Gasteiger charge is -2.42. The Morgan fingerprint density at radius 2 is 1.39 bits per heavy atom. The summed E-state index contributed by atoms with van der Waals surface area (Å²) in [5.74, 6) is 0. The maximum atomic E-state index is 10.5. The number of aliphatic hydroxyl groups excluding tert-OH is 8. The Morgan fingerprint density at radius 3 is 2.04 bits per heavy atom. The van der Waals surface area contributed by atoms with Crippen LogP contribution in [-0.2, 0) is 23.7 Å². The molecule has 3 saturated heterocycles.